The molecule has 2 amide bonds. The molecule has 1 rings (SSSR count). The number of nitrogens with one attached hydrogen (secondary N) is 2. The molecule has 1 saturated carbocycles. The minimum Gasteiger partial charge on any atom is -0.481 e. The summed E-state index contributed by atoms with van der Waals surface area (Å²) in [4.78, 5) is 22.5. The molecule has 1 aliphatic rings. The second-order valence-corrected chi connectivity index (χ2v) is 5.61. The zero-order chi connectivity index (χ0) is 14.3. The molecular formula is C14H26N2O3. The van der Waals surface area contributed by atoms with Gasteiger partial charge in [0.05, 0.1) is 6.42 Å². The molecule has 0 spiro atoms. The molecule has 19 heavy (non-hydrogen) atoms. The second-order valence-electron chi connectivity index (χ2n) is 5.61. The van der Waals surface area contributed by atoms with Gasteiger partial charge in [-0.05, 0) is 24.7 Å². The van der Waals surface area contributed by atoms with Gasteiger partial charge in [-0.1, -0.05) is 33.1 Å². The van der Waals surface area contributed by atoms with Crippen LogP contribution in [0.1, 0.15) is 52.4 Å². The number of hydrogen-bond donors (Lipinski definition) is 3. The highest BCUT2D eigenvalue weighted by Gasteiger charge is 2.24. The highest BCUT2D eigenvalue weighted by Crippen LogP contribution is 2.30. The van der Waals surface area contributed by atoms with Crippen molar-refractivity contribution >= 4 is 12.0 Å². The first kappa shape index (κ1) is 15.8. The van der Waals surface area contributed by atoms with E-state index in [0.29, 0.717) is 24.8 Å². The predicted octanol–water partition coefficient (Wildman–Crippen LogP) is 2.37. The van der Waals surface area contributed by atoms with Crippen molar-refractivity contribution in [1.82, 2.24) is 10.6 Å². The van der Waals surface area contributed by atoms with Gasteiger partial charge in [-0.25, -0.2) is 4.79 Å². The maximum Gasteiger partial charge on any atom is 0.315 e. The number of aliphatic carboxylic acids is 1. The van der Waals surface area contributed by atoms with Crippen LogP contribution in [0, 0.1) is 11.8 Å². The summed E-state index contributed by atoms with van der Waals surface area (Å²) in [5, 5.41) is 14.4. The molecule has 0 aliphatic heterocycles. The van der Waals surface area contributed by atoms with Crippen molar-refractivity contribution in [2.24, 2.45) is 11.8 Å². The zero-order valence-corrected chi connectivity index (χ0v) is 11.9. The average Bonchev–Trinajstić information content (AvgIpc) is 2.71. The van der Waals surface area contributed by atoms with E-state index in [1.54, 1.807) is 0 Å². The Labute approximate surface area is 115 Å². The summed E-state index contributed by atoms with van der Waals surface area (Å²) in [6, 6.07) is -0.512. The molecular weight excluding hydrogens is 244 g/mol. The highest BCUT2D eigenvalue weighted by molar-refractivity contribution is 5.75. The predicted molar refractivity (Wildman–Crippen MR) is 74.0 cm³/mol. The van der Waals surface area contributed by atoms with E-state index in [1.165, 1.54) is 19.3 Å². The Morgan fingerprint density at radius 1 is 1.37 bits per heavy atom. The van der Waals surface area contributed by atoms with Gasteiger partial charge in [0.1, 0.15) is 0 Å². The number of amides is 2. The minimum absolute atomic E-state index is 0.0128. The number of carboxylic acids is 1. The lowest BCUT2D eigenvalue weighted by Gasteiger charge is -2.19. The average molecular weight is 270 g/mol. The standard InChI is InChI=1S/C14H26N2O3/c1-3-5-12(8-13(17)18)16-14(19)15-9-11-7-4-6-10(11)2/h10-12H,3-9H2,1-2H3,(H,17,18)(H2,15,16,19). The van der Waals surface area contributed by atoms with Crippen LogP contribution in [-0.2, 0) is 4.79 Å². The molecule has 3 atom stereocenters. The van der Waals surface area contributed by atoms with E-state index in [-0.39, 0.29) is 18.5 Å². The Bertz CT molecular complexity index is 307. The van der Waals surface area contributed by atoms with Crippen molar-refractivity contribution < 1.29 is 14.7 Å². The van der Waals surface area contributed by atoms with Crippen LogP contribution < -0.4 is 10.6 Å². The first-order chi connectivity index (χ1) is 9.02. The van der Waals surface area contributed by atoms with Crippen LogP contribution in [0.4, 0.5) is 4.79 Å². The fraction of sp³-hybridized carbons (Fsp3) is 0.857. The van der Waals surface area contributed by atoms with Crippen LogP contribution in [0.25, 0.3) is 0 Å². The van der Waals surface area contributed by atoms with Gasteiger partial charge in [0.2, 0.25) is 0 Å². The number of hydrogen-bond acceptors (Lipinski definition) is 2. The third-order valence-electron chi connectivity index (χ3n) is 3.96. The summed E-state index contributed by atoms with van der Waals surface area (Å²) >= 11 is 0. The number of carbonyl (C=O) groups excluding carboxylic acids is 1. The molecule has 0 bridgehead atoms. The number of urea groups is 1. The highest BCUT2D eigenvalue weighted by atomic mass is 16.4. The number of carboxylic acid groups (broad SMARTS) is 1. The topological polar surface area (TPSA) is 78.4 Å². The smallest absolute Gasteiger partial charge is 0.315 e. The quantitative estimate of drug-likeness (QED) is 0.664. The van der Waals surface area contributed by atoms with E-state index in [4.69, 9.17) is 5.11 Å². The Balaban J connectivity index is 2.29. The van der Waals surface area contributed by atoms with Gasteiger partial charge >= 0.3 is 12.0 Å². The molecule has 5 nitrogen and oxygen atoms in total. The van der Waals surface area contributed by atoms with Crippen LogP contribution in [0.3, 0.4) is 0 Å². The lowest BCUT2D eigenvalue weighted by molar-refractivity contribution is -0.137. The Kier molecular flexibility index (Phi) is 6.67. The third-order valence-corrected chi connectivity index (χ3v) is 3.96. The van der Waals surface area contributed by atoms with E-state index >= 15 is 0 Å². The molecule has 3 unspecified atom stereocenters. The van der Waals surface area contributed by atoms with Crippen molar-refractivity contribution in [2.45, 2.75) is 58.4 Å². The number of rotatable bonds is 7. The fourth-order valence-electron chi connectivity index (χ4n) is 2.77. The lowest BCUT2D eigenvalue weighted by atomic mass is 9.98. The van der Waals surface area contributed by atoms with Crippen molar-refractivity contribution in [3.63, 3.8) is 0 Å². The molecule has 0 aromatic rings. The molecule has 0 aromatic carbocycles. The molecule has 0 heterocycles. The molecule has 1 aliphatic carbocycles. The molecule has 1 fully saturated rings. The molecule has 0 aromatic heterocycles. The first-order valence-corrected chi connectivity index (χ1v) is 7.29. The van der Waals surface area contributed by atoms with Gasteiger partial charge in [-0.3, -0.25) is 4.79 Å². The minimum atomic E-state index is -0.872. The van der Waals surface area contributed by atoms with Crippen LogP contribution >= 0.6 is 0 Å². The molecule has 5 heteroatoms. The van der Waals surface area contributed by atoms with Gasteiger partial charge in [-0.2, -0.15) is 0 Å². The van der Waals surface area contributed by atoms with Gasteiger partial charge < -0.3 is 15.7 Å². The molecule has 3 N–H and O–H groups in total. The van der Waals surface area contributed by atoms with Crippen molar-refractivity contribution in [2.75, 3.05) is 6.54 Å². The van der Waals surface area contributed by atoms with Gasteiger partial charge in [0.15, 0.2) is 0 Å². The van der Waals surface area contributed by atoms with Crippen molar-refractivity contribution in [3.8, 4) is 0 Å². The van der Waals surface area contributed by atoms with Gasteiger partial charge in [0, 0.05) is 12.6 Å². The Hall–Kier alpha value is -1.26. The van der Waals surface area contributed by atoms with E-state index in [9.17, 15) is 9.59 Å². The summed E-state index contributed by atoms with van der Waals surface area (Å²) in [7, 11) is 0. The third kappa shape index (κ3) is 5.94. The monoisotopic (exact) mass is 270 g/mol. The molecule has 110 valence electrons. The van der Waals surface area contributed by atoms with Gasteiger partial charge in [0.25, 0.3) is 0 Å². The summed E-state index contributed by atoms with van der Waals surface area (Å²) in [6.07, 6.45) is 5.20. The zero-order valence-electron chi connectivity index (χ0n) is 11.9. The Morgan fingerprint density at radius 2 is 2.11 bits per heavy atom. The van der Waals surface area contributed by atoms with Crippen LogP contribution in [0.2, 0.25) is 0 Å². The first-order valence-electron chi connectivity index (χ1n) is 7.29. The van der Waals surface area contributed by atoms with E-state index in [0.717, 1.165) is 6.42 Å². The largest absolute Gasteiger partial charge is 0.481 e. The summed E-state index contributed by atoms with van der Waals surface area (Å²) < 4.78 is 0. The summed E-state index contributed by atoms with van der Waals surface area (Å²) in [5.74, 6) is 0.365. The fourth-order valence-corrected chi connectivity index (χ4v) is 2.77. The van der Waals surface area contributed by atoms with Gasteiger partial charge in [-0.15, -0.1) is 0 Å². The number of carbonyl (C=O) groups is 2. The van der Waals surface area contributed by atoms with Crippen molar-refractivity contribution in [1.29, 1.82) is 0 Å². The summed E-state index contributed by atoms with van der Waals surface area (Å²) in [6.45, 7) is 4.90. The SMILES string of the molecule is CCCC(CC(=O)O)NC(=O)NCC1CCCC1C. The van der Waals surface area contributed by atoms with Crippen molar-refractivity contribution in [3.05, 3.63) is 0 Å². The molecule has 0 radical (unpaired) electrons. The maximum atomic E-state index is 11.8. The maximum absolute atomic E-state index is 11.8. The van der Waals surface area contributed by atoms with Crippen LogP contribution in [0.5, 0.6) is 0 Å². The van der Waals surface area contributed by atoms with E-state index in [1.807, 2.05) is 6.92 Å². The summed E-state index contributed by atoms with van der Waals surface area (Å²) in [5.41, 5.74) is 0. The lowest BCUT2D eigenvalue weighted by Crippen LogP contribution is -2.44. The van der Waals surface area contributed by atoms with E-state index in [2.05, 4.69) is 17.6 Å². The van der Waals surface area contributed by atoms with E-state index < -0.39 is 5.97 Å². The van der Waals surface area contributed by atoms with Crippen LogP contribution in [-0.4, -0.2) is 29.7 Å². The normalized spacial score (nSPS) is 23.9. The van der Waals surface area contributed by atoms with Crippen LogP contribution in [0.15, 0.2) is 0 Å². The Morgan fingerprint density at radius 3 is 2.63 bits per heavy atom. The molecule has 0 saturated heterocycles. The second kappa shape index (κ2) is 8.02.